The van der Waals surface area contributed by atoms with Gasteiger partial charge < -0.3 is 14.4 Å². The lowest BCUT2D eigenvalue weighted by Gasteiger charge is -2.27. The van der Waals surface area contributed by atoms with E-state index in [2.05, 4.69) is 9.97 Å². The molecule has 1 saturated heterocycles. The van der Waals surface area contributed by atoms with Crippen LogP contribution >= 0.6 is 0 Å². The first-order valence-electron chi connectivity index (χ1n) is 7.26. The van der Waals surface area contributed by atoms with Crippen molar-refractivity contribution in [1.82, 2.24) is 9.97 Å². The van der Waals surface area contributed by atoms with Crippen molar-refractivity contribution in [3.8, 4) is 6.01 Å². The van der Waals surface area contributed by atoms with Crippen LogP contribution in [0.4, 0.5) is 10.2 Å². The molecule has 1 aromatic carbocycles. The molecule has 0 spiro atoms. The Kier molecular flexibility index (Phi) is 4.48. The Hall–Kier alpha value is -2.21. The minimum atomic E-state index is -0.440. The number of ether oxygens (including phenoxy) is 2. The van der Waals surface area contributed by atoms with Gasteiger partial charge >= 0.3 is 6.01 Å². The molecule has 1 fully saturated rings. The van der Waals surface area contributed by atoms with Crippen LogP contribution in [0.1, 0.15) is 11.1 Å². The minimum Gasteiger partial charge on any atom is -0.459 e. The first kappa shape index (κ1) is 14.7. The van der Waals surface area contributed by atoms with Crippen molar-refractivity contribution in [1.29, 1.82) is 0 Å². The fraction of sp³-hybridized carbons (Fsp3) is 0.375. The summed E-state index contributed by atoms with van der Waals surface area (Å²) < 4.78 is 24.7. The van der Waals surface area contributed by atoms with E-state index in [1.165, 1.54) is 5.56 Å². The summed E-state index contributed by atoms with van der Waals surface area (Å²) in [6, 6.07) is 8.19. The maximum absolute atomic E-state index is 13.9. The monoisotopic (exact) mass is 303 g/mol. The first-order chi connectivity index (χ1) is 10.7. The molecule has 0 bridgehead atoms. The van der Waals surface area contributed by atoms with Crippen molar-refractivity contribution in [3.05, 3.63) is 47.4 Å². The zero-order valence-electron chi connectivity index (χ0n) is 12.5. The van der Waals surface area contributed by atoms with Crippen LogP contribution in [0.15, 0.2) is 30.5 Å². The molecule has 6 heteroatoms. The molecule has 3 rings (SSSR count). The third kappa shape index (κ3) is 3.51. The van der Waals surface area contributed by atoms with Crippen LogP contribution in [-0.2, 0) is 11.3 Å². The average molecular weight is 303 g/mol. The number of rotatable bonds is 4. The first-order valence-corrected chi connectivity index (χ1v) is 7.26. The highest BCUT2D eigenvalue weighted by Crippen LogP contribution is 2.20. The van der Waals surface area contributed by atoms with E-state index in [1.807, 2.05) is 36.1 Å². The minimum absolute atomic E-state index is 0.184. The summed E-state index contributed by atoms with van der Waals surface area (Å²) in [7, 11) is 0. The molecular formula is C16H18FN3O2. The molecule has 0 unspecified atom stereocenters. The predicted molar refractivity (Wildman–Crippen MR) is 80.5 cm³/mol. The lowest BCUT2D eigenvalue weighted by Crippen LogP contribution is -2.37. The highest BCUT2D eigenvalue weighted by Gasteiger charge is 2.18. The van der Waals surface area contributed by atoms with Crippen LogP contribution in [0.2, 0.25) is 0 Å². The van der Waals surface area contributed by atoms with E-state index >= 15 is 0 Å². The maximum Gasteiger partial charge on any atom is 0.318 e. The summed E-state index contributed by atoms with van der Waals surface area (Å²) in [5.74, 6) is -0.165. The summed E-state index contributed by atoms with van der Waals surface area (Å²) in [6.07, 6.45) is 1.16. The van der Waals surface area contributed by atoms with Gasteiger partial charge in [-0.3, -0.25) is 0 Å². The fourth-order valence-electron chi connectivity index (χ4n) is 2.24. The molecule has 0 N–H and O–H groups in total. The largest absolute Gasteiger partial charge is 0.459 e. The van der Waals surface area contributed by atoms with Crippen LogP contribution in [0.3, 0.4) is 0 Å². The second kappa shape index (κ2) is 6.70. The Morgan fingerprint density at radius 2 is 1.95 bits per heavy atom. The molecule has 22 heavy (non-hydrogen) atoms. The average Bonchev–Trinajstić information content (AvgIpc) is 2.56. The standard InChI is InChI=1S/C16H18FN3O2/c1-12-2-4-13(5-3-12)11-22-16-18-10-14(17)15(19-16)20-6-8-21-9-7-20/h2-5,10H,6-9,11H2,1H3. The number of morpholine rings is 1. The molecule has 2 heterocycles. The maximum atomic E-state index is 13.9. The second-order valence-electron chi connectivity index (χ2n) is 5.20. The van der Waals surface area contributed by atoms with Crippen molar-refractivity contribution in [2.45, 2.75) is 13.5 Å². The quantitative estimate of drug-likeness (QED) is 0.867. The van der Waals surface area contributed by atoms with Gasteiger partial charge in [-0.2, -0.15) is 4.98 Å². The van der Waals surface area contributed by atoms with Crippen molar-refractivity contribution in [2.24, 2.45) is 0 Å². The van der Waals surface area contributed by atoms with E-state index in [0.29, 0.717) is 32.9 Å². The summed E-state index contributed by atoms with van der Waals surface area (Å²) in [5, 5.41) is 0. The number of halogens is 1. The van der Waals surface area contributed by atoms with Gasteiger partial charge in [0.1, 0.15) is 6.61 Å². The molecule has 0 atom stereocenters. The van der Waals surface area contributed by atoms with E-state index in [1.54, 1.807) is 0 Å². The molecule has 0 aliphatic carbocycles. The molecule has 5 nitrogen and oxygen atoms in total. The summed E-state index contributed by atoms with van der Waals surface area (Å²) in [5.41, 5.74) is 2.21. The highest BCUT2D eigenvalue weighted by molar-refractivity contribution is 5.40. The van der Waals surface area contributed by atoms with E-state index < -0.39 is 5.82 Å². The molecular weight excluding hydrogens is 285 g/mol. The molecule has 116 valence electrons. The van der Waals surface area contributed by atoms with E-state index in [-0.39, 0.29) is 11.8 Å². The van der Waals surface area contributed by atoms with Gasteiger partial charge in [0, 0.05) is 13.1 Å². The summed E-state index contributed by atoms with van der Waals surface area (Å²) >= 11 is 0. The highest BCUT2D eigenvalue weighted by atomic mass is 19.1. The Morgan fingerprint density at radius 1 is 1.23 bits per heavy atom. The third-order valence-electron chi connectivity index (χ3n) is 3.50. The van der Waals surface area contributed by atoms with Gasteiger partial charge in [0.2, 0.25) is 0 Å². The number of benzene rings is 1. The lowest BCUT2D eigenvalue weighted by atomic mass is 10.2. The molecule has 0 saturated carbocycles. The van der Waals surface area contributed by atoms with Crippen LogP contribution in [-0.4, -0.2) is 36.3 Å². The molecule has 1 aliphatic heterocycles. The van der Waals surface area contributed by atoms with Gasteiger partial charge in [-0.15, -0.1) is 0 Å². The smallest absolute Gasteiger partial charge is 0.318 e. The predicted octanol–water partition coefficient (Wildman–Crippen LogP) is 2.34. The van der Waals surface area contributed by atoms with Crippen LogP contribution in [0.5, 0.6) is 6.01 Å². The molecule has 2 aromatic rings. The second-order valence-corrected chi connectivity index (χ2v) is 5.20. The number of aryl methyl sites for hydroxylation is 1. The number of nitrogens with zero attached hydrogens (tertiary/aromatic N) is 3. The lowest BCUT2D eigenvalue weighted by molar-refractivity contribution is 0.122. The number of hydrogen-bond acceptors (Lipinski definition) is 5. The van der Waals surface area contributed by atoms with Crippen molar-refractivity contribution in [2.75, 3.05) is 31.2 Å². The topological polar surface area (TPSA) is 47.5 Å². The van der Waals surface area contributed by atoms with Gasteiger partial charge in [0.05, 0.1) is 19.4 Å². The zero-order valence-corrected chi connectivity index (χ0v) is 12.5. The third-order valence-corrected chi connectivity index (χ3v) is 3.50. The Labute approximate surface area is 128 Å². The zero-order chi connectivity index (χ0) is 15.4. The van der Waals surface area contributed by atoms with Gasteiger partial charge in [0.15, 0.2) is 11.6 Å². The van der Waals surface area contributed by atoms with Gasteiger partial charge in [-0.1, -0.05) is 29.8 Å². The van der Waals surface area contributed by atoms with Gasteiger partial charge in [-0.25, -0.2) is 9.37 Å². The van der Waals surface area contributed by atoms with E-state index in [0.717, 1.165) is 11.8 Å². The number of aromatic nitrogens is 2. The van der Waals surface area contributed by atoms with E-state index in [9.17, 15) is 4.39 Å². The SMILES string of the molecule is Cc1ccc(COc2ncc(F)c(N3CCOCC3)n2)cc1. The normalized spacial score (nSPS) is 14.9. The fourth-order valence-corrected chi connectivity index (χ4v) is 2.24. The molecule has 0 radical (unpaired) electrons. The Balaban J connectivity index is 1.70. The van der Waals surface area contributed by atoms with Crippen molar-refractivity contribution >= 4 is 5.82 Å². The number of anilines is 1. The van der Waals surface area contributed by atoms with E-state index in [4.69, 9.17) is 9.47 Å². The van der Waals surface area contributed by atoms with Crippen molar-refractivity contribution < 1.29 is 13.9 Å². The van der Waals surface area contributed by atoms with Gasteiger partial charge in [0.25, 0.3) is 0 Å². The van der Waals surface area contributed by atoms with Gasteiger partial charge in [-0.05, 0) is 12.5 Å². The van der Waals surface area contributed by atoms with Crippen LogP contribution < -0.4 is 9.64 Å². The molecule has 0 amide bonds. The Morgan fingerprint density at radius 3 is 2.68 bits per heavy atom. The van der Waals surface area contributed by atoms with Crippen molar-refractivity contribution in [3.63, 3.8) is 0 Å². The molecule has 1 aliphatic rings. The number of hydrogen-bond donors (Lipinski definition) is 0. The summed E-state index contributed by atoms with van der Waals surface area (Å²) in [4.78, 5) is 9.94. The van der Waals surface area contributed by atoms with Crippen LogP contribution in [0, 0.1) is 12.7 Å². The molecule has 1 aromatic heterocycles. The summed E-state index contributed by atoms with van der Waals surface area (Å²) in [6.45, 7) is 4.76. The Bertz CT molecular complexity index is 628. The van der Waals surface area contributed by atoms with Crippen LogP contribution in [0.25, 0.3) is 0 Å².